The lowest BCUT2D eigenvalue weighted by molar-refractivity contribution is 1.23. The molecule has 0 unspecified atom stereocenters. The van der Waals surface area contributed by atoms with Crippen LogP contribution in [0.4, 0.5) is 5.82 Å². The Bertz CT molecular complexity index is 780. The van der Waals surface area contributed by atoms with Crippen molar-refractivity contribution in [3.63, 3.8) is 0 Å². The van der Waals surface area contributed by atoms with Gasteiger partial charge in [-0.25, -0.2) is 10.8 Å². The third-order valence-corrected chi connectivity index (χ3v) is 2.93. The number of nitrogens with two attached hydrogens (primary N) is 1. The van der Waals surface area contributed by atoms with E-state index in [1.807, 2.05) is 30.3 Å². The Morgan fingerprint density at radius 3 is 2.63 bits per heavy atom. The van der Waals surface area contributed by atoms with Crippen LogP contribution in [0.1, 0.15) is 0 Å². The molecule has 94 valence electrons. The van der Waals surface area contributed by atoms with Crippen molar-refractivity contribution in [2.75, 3.05) is 5.43 Å². The van der Waals surface area contributed by atoms with Crippen LogP contribution in [-0.4, -0.2) is 9.97 Å². The topological polar surface area (TPSA) is 83.8 Å². The number of nitrogens with zero attached hydrogens (tertiary/aromatic N) is 1. The molecule has 0 aliphatic carbocycles. The maximum atomic E-state index is 12.1. The van der Waals surface area contributed by atoms with Gasteiger partial charge >= 0.3 is 0 Å². The van der Waals surface area contributed by atoms with E-state index in [1.165, 1.54) is 0 Å². The molecule has 0 amide bonds. The smallest absolute Gasteiger partial charge is 0.256 e. The van der Waals surface area contributed by atoms with Crippen molar-refractivity contribution >= 4 is 16.9 Å². The average Bonchev–Trinajstić information content (AvgIpc) is 2.47. The summed E-state index contributed by atoms with van der Waals surface area (Å²) in [7, 11) is 0. The summed E-state index contributed by atoms with van der Waals surface area (Å²) in [5.74, 6) is 5.89. The monoisotopic (exact) mass is 252 g/mol. The number of benzene rings is 1. The number of hydrogen-bond donors (Lipinski definition) is 3. The summed E-state index contributed by atoms with van der Waals surface area (Å²) in [6, 6.07) is 14.7. The minimum absolute atomic E-state index is 0.131. The first-order chi connectivity index (χ1) is 9.28. The summed E-state index contributed by atoms with van der Waals surface area (Å²) >= 11 is 0. The van der Waals surface area contributed by atoms with Crippen LogP contribution in [0, 0.1) is 0 Å². The molecule has 0 aliphatic heterocycles. The fourth-order valence-corrected chi connectivity index (χ4v) is 2.00. The van der Waals surface area contributed by atoms with Crippen LogP contribution in [0.25, 0.3) is 22.2 Å². The third-order valence-electron chi connectivity index (χ3n) is 2.93. The molecule has 0 saturated heterocycles. The lowest BCUT2D eigenvalue weighted by Gasteiger charge is -2.05. The van der Waals surface area contributed by atoms with E-state index in [2.05, 4.69) is 15.4 Å². The van der Waals surface area contributed by atoms with Crippen molar-refractivity contribution in [2.45, 2.75) is 0 Å². The van der Waals surface area contributed by atoms with Crippen molar-refractivity contribution in [3.8, 4) is 11.1 Å². The molecule has 19 heavy (non-hydrogen) atoms. The molecule has 0 saturated carbocycles. The number of nitrogen functional groups attached to an aromatic ring is 1. The Morgan fingerprint density at radius 2 is 1.89 bits per heavy atom. The average molecular weight is 252 g/mol. The van der Waals surface area contributed by atoms with Gasteiger partial charge in [0, 0.05) is 5.56 Å². The van der Waals surface area contributed by atoms with Gasteiger partial charge in [-0.2, -0.15) is 0 Å². The number of pyridine rings is 2. The van der Waals surface area contributed by atoms with Crippen molar-refractivity contribution < 1.29 is 0 Å². The molecule has 0 fully saturated rings. The fraction of sp³-hybridized carbons (Fsp3) is 0. The summed E-state index contributed by atoms with van der Waals surface area (Å²) in [6.07, 6.45) is 0. The summed E-state index contributed by atoms with van der Waals surface area (Å²) in [5.41, 5.74) is 5.18. The lowest BCUT2D eigenvalue weighted by Crippen LogP contribution is -2.11. The highest BCUT2D eigenvalue weighted by molar-refractivity contribution is 5.81. The second kappa shape index (κ2) is 4.55. The van der Waals surface area contributed by atoms with E-state index in [9.17, 15) is 4.79 Å². The normalized spacial score (nSPS) is 10.6. The predicted octanol–water partition coefficient (Wildman–Crippen LogP) is 1.88. The van der Waals surface area contributed by atoms with Crippen molar-refractivity contribution in [1.29, 1.82) is 0 Å². The molecule has 0 aliphatic rings. The van der Waals surface area contributed by atoms with E-state index in [1.54, 1.807) is 18.2 Å². The van der Waals surface area contributed by atoms with E-state index >= 15 is 0 Å². The Morgan fingerprint density at radius 1 is 1.11 bits per heavy atom. The molecule has 5 nitrogen and oxygen atoms in total. The van der Waals surface area contributed by atoms with Crippen LogP contribution in [0.5, 0.6) is 0 Å². The quantitative estimate of drug-likeness (QED) is 0.480. The van der Waals surface area contributed by atoms with Gasteiger partial charge in [-0.3, -0.25) is 4.79 Å². The Kier molecular flexibility index (Phi) is 2.74. The highest BCUT2D eigenvalue weighted by Crippen LogP contribution is 2.19. The van der Waals surface area contributed by atoms with Crippen LogP contribution in [0.15, 0.2) is 53.3 Å². The van der Waals surface area contributed by atoms with Gasteiger partial charge in [0.1, 0.15) is 5.82 Å². The van der Waals surface area contributed by atoms with Gasteiger partial charge < -0.3 is 10.4 Å². The molecule has 2 aromatic heterocycles. The molecular weight excluding hydrogens is 240 g/mol. The van der Waals surface area contributed by atoms with Crippen molar-refractivity contribution in [2.24, 2.45) is 5.84 Å². The van der Waals surface area contributed by atoms with Crippen LogP contribution in [0.3, 0.4) is 0 Å². The van der Waals surface area contributed by atoms with Crippen LogP contribution in [0.2, 0.25) is 0 Å². The zero-order valence-corrected chi connectivity index (χ0v) is 10.1. The van der Waals surface area contributed by atoms with E-state index < -0.39 is 0 Å². The number of nitrogens with one attached hydrogen (secondary N) is 2. The zero-order chi connectivity index (χ0) is 13.2. The molecule has 3 rings (SSSR count). The SMILES string of the molecule is NNc1ccc2[nH]c(=O)c(-c3ccccc3)cc2n1. The predicted molar refractivity (Wildman–Crippen MR) is 75.6 cm³/mol. The molecule has 0 atom stereocenters. The summed E-state index contributed by atoms with van der Waals surface area (Å²) in [6.45, 7) is 0. The molecule has 0 radical (unpaired) electrons. The molecule has 0 bridgehead atoms. The van der Waals surface area contributed by atoms with E-state index in [0.29, 0.717) is 22.4 Å². The van der Waals surface area contributed by atoms with Gasteiger partial charge in [-0.15, -0.1) is 0 Å². The zero-order valence-electron chi connectivity index (χ0n) is 10.1. The van der Waals surface area contributed by atoms with Crippen LogP contribution < -0.4 is 16.8 Å². The van der Waals surface area contributed by atoms with Gasteiger partial charge in [0.15, 0.2) is 0 Å². The highest BCUT2D eigenvalue weighted by Gasteiger charge is 2.06. The first kappa shape index (κ1) is 11.4. The summed E-state index contributed by atoms with van der Waals surface area (Å²) in [5, 5.41) is 0. The molecule has 0 spiro atoms. The minimum atomic E-state index is -0.131. The lowest BCUT2D eigenvalue weighted by atomic mass is 10.1. The van der Waals surface area contributed by atoms with E-state index in [-0.39, 0.29) is 5.56 Å². The number of aromatic amines is 1. The summed E-state index contributed by atoms with van der Waals surface area (Å²) < 4.78 is 0. The molecule has 3 aromatic rings. The number of fused-ring (bicyclic) bond motifs is 1. The number of aromatic nitrogens is 2. The fourth-order valence-electron chi connectivity index (χ4n) is 2.00. The van der Waals surface area contributed by atoms with Gasteiger partial charge in [-0.1, -0.05) is 30.3 Å². The molecule has 5 heteroatoms. The molecular formula is C14H12N4O. The number of anilines is 1. The maximum absolute atomic E-state index is 12.1. The minimum Gasteiger partial charge on any atom is -0.320 e. The maximum Gasteiger partial charge on any atom is 0.256 e. The molecule has 4 N–H and O–H groups in total. The number of rotatable bonds is 2. The second-order valence-electron chi connectivity index (χ2n) is 4.15. The first-order valence-corrected chi connectivity index (χ1v) is 5.84. The van der Waals surface area contributed by atoms with Gasteiger partial charge in [0.2, 0.25) is 0 Å². The number of H-pyrrole nitrogens is 1. The van der Waals surface area contributed by atoms with Gasteiger partial charge in [0.05, 0.1) is 11.0 Å². The van der Waals surface area contributed by atoms with E-state index in [0.717, 1.165) is 5.56 Å². The summed E-state index contributed by atoms with van der Waals surface area (Å²) in [4.78, 5) is 19.2. The Hall–Kier alpha value is -2.66. The largest absolute Gasteiger partial charge is 0.320 e. The van der Waals surface area contributed by atoms with Crippen molar-refractivity contribution in [1.82, 2.24) is 9.97 Å². The number of hydrazine groups is 1. The van der Waals surface area contributed by atoms with Crippen molar-refractivity contribution in [3.05, 3.63) is 58.9 Å². The Labute approximate surface area is 109 Å². The first-order valence-electron chi connectivity index (χ1n) is 5.84. The standard InChI is InChI=1S/C14H12N4O/c15-18-13-7-6-11-12(16-13)8-10(14(19)17-11)9-4-2-1-3-5-9/h1-8H,15H2,(H,16,18)(H,17,19). The van der Waals surface area contributed by atoms with Crippen LogP contribution in [-0.2, 0) is 0 Å². The van der Waals surface area contributed by atoms with Crippen LogP contribution >= 0.6 is 0 Å². The molecule has 2 heterocycles. The Balaban J connectivity index is 2.26. The van der Waals surface area contributed by atoms with E-state index in [4.69, 9.17) is 5.84 Å². The van der Waals surface area contributed by atoms with Gasteiger partial charge in [-0.05, 0) is 23.8 Å². The third kappa shape index (κ3) is 2.07. The second-order valence-corrected chi connectivity index (χ2v) is 4.15. The molecule has 1 aromatic carbocycles. The number of hydrogen-bond acceptors (Lipinski definition) is 4. The van der Waals surface area contributed by atoms with Gasteiger partial charge in [0.25, 0.3) is 5.56 Å². The highest BCUT2D eigenvalue weighted by atomic mass is 16.1.